The summed E-state index contributed by atoms with van der Waals surface area (Å²) in [5.74, 6) is -1.56. The SMILES string of the molecule is C=C(CC(=O)c1ccc2c(c1)S(=O)C=N2)C(=O)O. The molecular formula is C12H9NO4S. The number of aliphatic carboxylic acids is 1. The number of aliphatic imine (C=N–C) groups is 1. The van der Waals surface area contributed by atoms with Crippen LogP contribution in [0.4, 0.5) is 5.69 Å². The van der Waals surface area contributed by atoms with E-state index >= 15 is 0 Å². The number of nitrogens with zero attached hydrogens (tertiary/aromatic N) is 1. The van der Waals surface area contributed by atoms with Crippen molar-refractivity contribution in [1.82, 2.24) is 0 Å². The Bertz CT molecular complexity index is 619. The minimum atomic E-state index is -1.33. The molecule has 92 valence electrons. The molecule has 0 bridgehead atoms. The summed E-state index contributed by atoms with van der Waals surface area (Å²) in [5.41, 5.74) is 2.02. The van der Waals surface area contributed by atoms with Gasteiger partial charge in [-0.05, 0) is 18.2 Å². The average Bonchev–Trinajstić information content (AvgIpc) is 2.70. The molecule has 1 N–H and O–H groups in total. The van der Waals surface area contributed by atoms with Crippen LogP contribution < -0.4 is 0 Å². The number of hydrogen-bond donors (Lipinski definition) is 1. The van der Waals surface area contributed by atoms with Gasteiger partial charge in [-0.3, -0.25) is 4.79 Å². The van der Waals surface area contributed by atoms with Crippen molar-refractivity contribution in [2.75, 3.05) is 0 Å². The number of rotatable bonds is 4. The minimum Gasteiger partial charge on any atom is -0.478 e. The summed E-state index contributed by atoms with van der Waals surface area (Å²) >= 11 is 0. The topological polar surface area (TPSA) is 83.8 Å². The molecule has 0 saturated heterocycles. The molecule has 0 saturated carbocycles. The van der Waals surface area contributed by atoms with Gasteiger partial charge in [0.1, 0.15) is 0 Å². The van der Waals surface area contributed by atoms with Crippen LogP contribution in [-0.4, -0.2) is 26.6 Å². The summed E-state index contributed by atoms with van der Waals surface area (Å²) in [6.07, 6.45) is -0.262. The summed E-state index contributed by atoms with van der Waals surface area (Å²) in [6, 6.07) is 4.61. The largest absolute Gasteiger partial charge is 0.478 e. The molecule has 1 aliphatic rings. The number of carboxylic acid groups (broad SMARTS) is 1. The lowest BCUT2D eigenvalue weighted by molar-refractivity contribution is -0.132. The molecule has 1 heterocycles. The highest BCUT2D eigenvalue weighted by atomic mass is 32.2. The van der Waals surface area contributed by atoms with E-state index in [1.165, 1.54) is 17.7 Å². The van der Waals surface area contributed by atoms with Crippen molar-refractivity contribution in [3.05, 3.63) is 35.9 Å². The number of carbonyl (C=O) groups is 2. The second-order valence-electron chi connectivity index (χ2n) is 3.72. The van der Waals surface area contributed by atoms with Gasteiger partial charge in [-0.2, -0.15) is 0 Å². The highest BCUT2D eigenvalue weighted by molar-refractivity contribution is 7.99. The smallest absolute Gasteiger partial charge is 0.331 e. The third kappa shape index (κ3) is 2.28. The number of hydrogen-bond acceptors (Lipinski definition) is 4. The van der Waals surface area contributed by atoms with Crippen LogP contribution in [0.15, 0.2) is 40.2 Å². The van der Waals surface area contributed by atoms with E-state index in [2.05, 4.69) is 11.6 Å². The lowest BCUT2D eigenvalue weighted by Crippen LogP contribution is -2.07. The maximum absolute atomic E-state index is 11.8. The molecule has 0 spiro atoms. The summed E-state index contributed by atoms with van der Waals surface area (Å²) in [5, 5.41) is 8.65. The fourth-order valence-corrected chi connectivity index (χ4v) is 2.38. The van der Waals surface area contributed by atoms with E-state index in [1.54, 1.807) is 6.07 Å². The van der Waals surface area contributed by atoms with Crippen LogP contribution in [0.1, 0.15) is 16.8 Å². The lowest BCUT2D eigenvalue weighted by Gasteiger charge is -2.03. The van der Waals surface area contributed by atoms with Crippen LogP contribution in [-0.2, 0) is 15.6 Å². The van der Waals surface area contributed by atoms with Crippen molar-refractivity contribution in [2.24, 2.45) is 4.99 Å². The number of fused-ring (bicyclic) bond motifs is 1. The quantitative estimate of drug-likeness (QED) is 0.661. The normalized spacial score (nSPS) is 16.3. The van der Waals surface area contributed by atoms with Crippen molar-refractivity contribution < 1.29 is 18.9 Å². The zero-order valence-corrected chi connectivity index (χ0v) is 10.1. The summed E-state index contributed by atoms with van der Waals surface area (Å²) in [4.78, 5) is 26.8. The fourth-order valence-electron chi connectivity index (χ4n) is 1.49. The Labute approximate surface area is 105 Å². The van der Waals surface area contributed by atoms with Gasteiger partial charge in [-0.15, -0.1) is 0 Å². The molecule has 1 unspecified atom stereocenters. The Morgan fingerprint density at radius 1 is 1.39 bits per heavy atom. The third-order valence-electron chi connectivity index (χ3n) is 2.46. The maximum atomic E-state index is 11.8. The molecule has 1 aliphatic heterocycles. The zero-order chi connectivity index (χ0) is 13.3. The molecule has 0 fully saturated rings. The van der Waals surface area contributed by atoms with Crippen molar-refractivity contribution in [3.63, 3.8) is 0 Å². The van der Waals surface area contributed by atoms with Crippen molar-refractivity contribution >= 4 is 33.8 Å². The first kappa shape index (κ1) is 12.4. The second-order valence-corrected chi connectivity index (χ2v) is 4.97. The van der Waals surface area contributed by atoms with Crippen LogP contribution in [0.2, 0.25) is 0 Å². The Kier molecular flexibility index (Phi) is 3.20. The van der Waals surface area contributed by atoms with Crippen molar-refractivity contribution in [2.45, 2.75) is 11.3 Å². The molecule has 5 nitrogen and oxygen atoms in total. The number of carbonyl (C=O) groups excluding carboxylic acids is 1. The van der Waals surface area contributed by atoms with Gasteiger partial charge in [0, 0.05) is 17.6 Å². The molecule has 0 aromatic heterocycles. The molecule has 1 aromatic carbocycles. The van der Waals surface area contributed by atoms with E-state index in [1.807, 2.05) is 0 Å². The Morgan fingerprint density at radius 2 is 2.11 bits per heavy atom. The Morgan fingerprint density at radius 3 is 2.78 bits per heavy atom. The van der Waals surface area contributed by atoms with Crippen LogP contribution in [0.25, 0.3) is 0 Å². The predicted molar refractivity (Wildman–Crippen MR) is 66.7 cm³/mol. The molecule has 2 rings (SSSR count). The van der Waals surface area contributed by atoms with Crippen LogP contribution in [0, 0.1) is 0 Å². The number of benzene rings is 1. The van der Waals surface area contributed by atoms with Gasteiger partial charge in [0.2, 0.25) is 0 Å². The Balaban J connectivity index is 2.23. The molecule has 1 atom stereocenters. The van der Waals surface area contributed by atoms with E-state index < -0.39 is 16.8 Å². The summed E-state index contributed by atoms with van der Waals surface area (Å²) < 4.78 is 11.5. The van der Waals surface area contributed by atoms with E-state index in [-0.39, 0.29) is 17.8 Å². The van der Waals surface area contributed by atoms with Gasteiger partial charge >= 0.3 is 5.97 Å². The summed E-state index contributed by atoms with van der Waals surface area (Å²) in [7, 11) is -1.33. The van der Waals surface area contributed by atoms with Crippen molar-refractivity contribution in [3.8, 4) is 0 Å². The standard InChI is InChI=1S/C12H9NO4S/c1-7(12(15)16)4-10(14)8-2-3-9-11(5-8)18(17)6-13-9/h2-3,5-6H,1,4H2,(H,15,16). The maximum Gasteiger partial charge on any atom is 0.331 e. The number of Topliss-reactive ketones (excluding diaryl/α,β-unsaturated/α-hetero) is 1. The van der Waals surface area contributed by atoms with Crippen LogP contribution in [0.3, 0.4) is 0 Å². The van der Waals surface area contributed by atoms with Gasteiger partial charge in [0.15, 0.2) is 5.78 Å². The third-order valence-corrected chi connectivity index (χ3v) is 3.52. The van der Waals surface area contributed by atoms with Gasteiger partial charge in [0.25, 0.3) is 0 Å². The van der Waals surface area contributed by atoms with Gasteiger partial charge in [-0.1, -0.05) is 6.58 Å². The van der Waals surface area contributed by atoms with Crippen LogP contribution >= 0.6 is 0 Å². The average molecular weight is 263 g/mol. The van der Waals surface area contributed by atoms with E-state index in [0.717, 1.165) is 0 Å². The zero-order valence-electron chi connectivity index (χ0n) is 9.25. The van der Waals surface area contributed by atoms with E-state index in [4.69, 9.17) is 5.11 Å². The van der Waals surface area contributed by atoms with Gasteiger partial charge in [0.05, 0.1) is 26.9 Å². The molecule has 6 heteroatoms. The molecular weight excluding hydrogens is 254 g/mol. The molecule has 18 heavy (non-hydrogen) atoms. The van der Waals surface area contributed by atoms with Crippen LogP contribution in [0.5, 0.6) is 0 Å². The first-order valence-corrected chi connectivity index (χ1v) is 6.23. The number of carboxylic acids is 1. The Hall–Kier alpha value is -2.08. The first-order valence-electron chi connectivity index (χ1n) is 5.02. The monoisotopic (exact) mass is 263 g/mol. The molecule has 0 radical (unpaired) electrons. The molecule has 0 aliphatic carbocycles. The highest BCUT2D eigenvalue weighted by Gasteiger charge is 2.18. The highest BCUT2D eigenvalue weighted by Crippen LogP contribution is 2.28. The van der Waals surface area contributed by atoms with Crippen molar-refractivity contribution in [1.29, 1.82) is 0 Å². The number of ketones is 1. The van der Waals surface area contributed by atoms with E-state index in [0.29, 0.717) is 16.1 Å². The van der Waals surface area contributed by atoms with Gasteiger partial charge in [-0.25, -0.2) is 14.0 Å². The minimum absolute atomic E-state index is 0.169. The van der Waals surface area contributed by atoms with Gasteiger partial charge < -0.3 is 5.11 Å². The first-order chi connectivity index (χ1) is 8.49. The predicted octanol–water partition coefficient (Wildman–Crippen LogP) is 1.68. The fraction of sp³-hybridized carbons (Fsp3) is 0.0833. The molecule has 1 aromatic rings. The lowest BCUT2D eigenvalue weighted by atomic mass is 10.0. The molecule has 0 amide bonds. The summed E-state index contributed by atoms with van der Waals surface area (Å²) in [6.45, 7) is 3.30. The second kappa shape index (κ2) is 4.66. The van der Waals surface area contributed by atoms with E-state index in [9.17, 15) is 13.8 Å².